The summed E-state index contributed by atoms with van der Waals surface area (Å²) in [6.07, 6.45) is 16.8. The lowest BCUT2D eigenvalue weighted by atomic mass is 9.96. The number of ether oxygens (including phenoxy) is 2. The molecule has 4 rings (SSSR count). The van der Waals surface area contributed by atoms with Crippen LogP contribution < -0.4 is 20.5 Å². The van der Waals surface area contributed by atoms with Gasteiger partial charge in [0.05, 0.1) is 36.8 Å². The molecule has 0 radical (unpaired) electrons. The van der Waals surface area contributed by atoms with Gasteiger partial charge in [0.2, 0.25) is 0 Å². The summed E-state index contributed by atoms with van der Waals surface area (Å²) >= 11 is 6.38. The second-order valence-corrected chi connectivity index (χ2v) is 10.5. The van der Waals surface area contributed by atoms with Crippen LogP contribution in [0.5, 0.6) is 11.6 Å². The summed E-state index contributed by atoms with van der Waals surface area (Å²) in [5, 5.41) is 8.68. The minimum atomic E-state index is -0.198. The maximum absolute atomic E-state index is 6.38. The van der Waals surface area contributed by atoms with E-state index >= 15 is 0 Å². The Labute approximate surface area is 252 Å². The van der Waals surface area contributed by atoms with Crippen molar-refractivity contribution in [3.8, 4) is 11.6 Å². The molecule has 3 N–H and O–H groups in total. The van der Waals surface area contributed by atoms with Gasteiger partial charge in [0.25, 0.3) is 5.88 Å². The van der Waals surface area contributed by atoms with Crippen molar-refractivity contribution in [3.63, 3.8) is 0 Å². The Kier molecular flexibility index (Phi) is 11.9. The predicted molar refractivity (Wildman–Crippen MR) is 171 cm³/mol. The highest BCUT2D eigenvalue weighted by Gasteiger charge is 2.19. The average Bonchev–Trinajstić information content (AvgIpc) is 3.42. The second-order valence-electron chi connectivity index (χ2n) is 10.1. The van der Waals surface area contributed by atoms with Crippen LogP contribution in [0.1, 0.15) is 56.2 Å². The number of halogens is 1. The molecule has 0 aliphatic heterocycles. The fourth-order valence-electron chi connectivity index (χ4n) is 4.74. The molecular formula is C31H39ClN8O2. The van der Waals surface area contributed by atoms with Crippen LogP contribution >= 0.6 is 11.6 Å². The van der Waals surface area contributed by atoms with Crippen molar-refractivity contribution in [2.75, 3.05) is 25.1 Å². The first kappa shape index (κ1) is 30.8. The van der Waals surface area contributed by atoms with E-state index in [1.165, 1.54) is 25.6 Å². The summed E-state index contributed by atoms with van der Waals surface area (Å²) < 4.78 is 14.1. The normalized spacial score (nSPS) is 15.2. The van der Waals surface area contributed by atoms with E-state index in [1.807, 2.05) is 48.3 Å². The highest BCUT2D eigenvalue weighted by Crippen LogP contribution is 2.32. The molecule has 0 spiro atoms. The first-order valence-electron chi connectivity index (χ1n) is 14.2. The summed E-state index contributed by atoms with van der Waals surface area (Å²) in [4.78, 5) is 16.8. The Morgan fingerprint density at radius 2 is 2.12 bits per heavy atom. The predicted octanol–water partition coefficient (Wildman–Crippen LogP) is 5.99. The highest BCUT2D eigenvalue weighted by molar-refractivity contribution is 6.32. The van der Waals surface area contributed by atoms with Crippen molar-refractivity contribution in [2.24, 2.45) is 20.7 Å². The van der Waals surface area contributed by atoms with Crippen LogP contribution in [0.2, 0.25) is 5.02 Å². The summed E-state index contributed by atoms with van der Waals surface area (Å²) in [5.41, 5.74) is 8.87. The monoisotopic (exact) mass is 590 g/mol. The van der Waals surface area contributed by atoms with Crippen molar-refractivity contribution >= 4 is 42.1 Å². The number of rotatable bonds is 15. The van der Waals surface area contributed by atoms with Crippen LogP contribution in [-0.2, 0) is 6.42 Å². The molecule has 222 valence electrons. The standard InChI is InChI=1S/C31H39ClN8O2/c1-23(16-36-21-33)42-30-15-25(10-11-28(30)32)26(18-34-2)19-37-22-38-29-20-40(27-8-4-3-5-9-27)39-31(29)41-14-12-24-7-6-13-35-17-24/h6-7,10-11,13,15,17-21,23,27,38H,2-5,8-9,12,14,16,22H2,1H3,(H2,33,36)/b26-18+,37-19-/t23-/m0/s1. The molecule has 1 aliphatic carbocycles. The third-order valence-electron chi connectivity index (χ3n) is 6.88. The molecule has 0 amide bonds. The molecule has 2 aromatic heterocycles. The van der Waals surface area contributed by atoms with Gasteiger partial charge in [0.15, 0.2) is 0 Å². The number of anilines is 1. The number of allylic oxidation sites excluding steroid dienone is 1. The van der Waals surface area contributed by atoms with Crippen LogP contribution in [0.4, 0.5) is 5.69 Å². The smallest absolute Gasteiger partial charge is 0.256 e. The molecule has 1 saturated carbocycles. The molecule has 0 saturated heterocycles. The van der Waals surface area contributed by atoms with Crippen LogP contribution in [-0.4, -0.2) is 60.0 Å². The molecule has 1 aromatic carbocycles. The fourth-order valence-corrected chi connectivity index (χ4v) is 4.90. The van der Waals surface area contributed by atoms with Gasteiger partial charge in [-0.25, -0.2) is 0 Å². The molecule has 1 fully saturated rings. The van der Waals surface area contributed by atoms with Crippen LogP contribution in [0.25, 0.3) is 5.57 Å². The van der Waals surface area contributed by atoms with Gasteiger partial charge >= 0.3 is 0 Å². The van der Waals surface area contributed by atoms with Gasteiger partial charge in [-0.3, -0.25) is 24.6 Å². The van der Waals surface area contributed by atoms with E-state index in [1.54, 1.807) is 24.7 Å². The maximum atomic E-state index is 6.38. The molecule has 2 heterocycles. The molecule has 11 heteroatoms. The zero-order valence-electron chi connectivity index (χ0n) is 24.0. The Morgan fingerprint density at radius 1 is 1.26 bits per heavy atom. The van der Waals surface area contributed by atoms with E-state index < -0.39 is 0 Å². The summed E-state index contributed by atoms with van der Waals surface area (Å²) in [6, 6.07) is 9.88. The SMILES string of the molecule is C=N/C=C(\C=N/CNc1cn(C2CCCCC2)nc1OCCc1cccnc1)c1ccc(Cl)c(O[C@@H](C)CN=CN)c1. The van der Waals surface area contributed by atoms with Crippen molar-refractivity contribution in [2.45, 2.75) is 57.6 Å². The summed E-state index contributed by atoms with van der Waals surface area (Å²) in [5.74, 6) is 1.12. The lowest BCUT2D eigenvalue weighted by Crippen LogP contribution is -2.16. The number of pyridine rings is 1. The van der Waals surface area contributed by atoms with Crippen LogP contribution in [0, 0.1) is 0 Å². The van der Waals surface area contributed by atoms with Crippen molar-refractivity contribution in [1.82, 2.24) is 14.8 Å². The molecule has 0 unspecified atom stereocenters. The fraction of sp³-hybridized carbons (Fsp3) is 0.387. The third-order valence-corrected chi connectivity index (χ3v) is 7.19. The Morgan fingerprint density at radius 3 is 2.88 bits per heavy atom. The quantitative estimate of drug-likeness (QED) is 0.165. The first-order chi connectivity index (χ1) is 20.6. The molecule has 42 heavy (non-hydrogen) atoms. The van der Waals surface area contributed by atoms with Crippen LogP contribution in [0.15, 0.2) is 70.1 Å². The number of aliphatic imine (C=N–C) groups is 3. The van der Waals surface area contributed by atoms with Crippen molar-refractivity contribution in [3.05, 3.63) is 71.3 Å². The maximum Gasteiger partial charge on any atom is 0.256 e. The first-order valence-corrected chi connectivity index (χ1v) is 14.6. The topological polar surface area (TPSA) is 124 Å². The number of benzene rings is 1. The number of aromatic nitrogens is 3. The summed E-state index contributed by atoms with van der Waals surface area (Å²) in [7, 11) is 0. The largest absolute Gasteiger partial charge is 0.487 e. The van der Waals surface area contributed by atoms with Gasteiger partial charge in [-0.1, -0.05) is 43.0 Å². The van der Waals surface area contributed by atoms with Gasteiger partial charge in [0.1, 0.15) is 24.2 Å². The van der Waals surface area contributed by atoms with E-state index in [9.17, 15) is 0 Å². The van der Waals surface area contributed by atoms with E-state index in [0.29, 0.717) is 42.5 Å². The number of hydrogen-bond acceptors (Lipinski definition) is 8. The van der Waals surface area contributed by atoms with Gasteiger partial charge in [0, 0.05) is 36.8 Å². The molecule has 1 aliphatic rings. The summed E-state index contributed by atoms with van der Waals surface area (Å²) in [6.45, 7) is 6.75. The van der Waals surface area contributed by atoms with E-state index in [2.05, 4.69) is 32.0 Å². The van der Waals surface area contributed by atoms with E-state index in [0.717, 1.165) is 41.6 Å². The Hall–Kier alpha value is -4.18. The number of nitrogens with one attached hydrogen (secondary N) is 1. The van der Waals surface area contributed by atoms with Gasteiger partial charge in [-0.15, -0.1) is 5.10 Å². The Bertz CT molecular complexity index is 1370. The number of nitrogens with two attached hydrogens (primary N) is 1. The van der Waals surface area contributed by atoms with Crippen LogP contribution in [0.3, 0.4) is 0 Å². The zero-order chi connectivity index (χ0) is 29.6. The van der Waals surface area contributed by atoms with Gasteiger partial charge in [-0.05, 0) is 55.8 Å². The molecule has 0 bridgehead atoms. The second kappa shape index (κ2) is 16.3. The van der Waals surface area contributed by atoms with E-state index in [-0.39, 0.29) is 6.10 Å². The molecule has 10 nitrogen and oxygen atoms in total. The number of hydrogen-bond donors (Lipinski definition) is 2. The van der Waals surface area contributed by atoms with Crippen molar-refractivity contribution in [1.29, 1.82) is 0 Å². The van der Waals surface area contributed by atoms with Gasteiger partial charge < -0.3 is 20.5 Å². The number of nitrogens with zero attached hydrogens (tertiary/aromatic N) is 6. The minimum Gasteiger partial charge on any atom is -0.487 e. The molecule has 3 aromatic rings. The minimum absolute atomic E-state index is 0.198. The van der Waals surface area contributed by atoms with Crippen molar-refractivity contribution < 1.29 is 9.47 Å². The van der Waals surface area contributed by atoms with Gasteiger partial charge in [-0.2, -0.15) is 0 Å². The highest BCUT2D eigenvalue weighted by atomic mass is 35.5. The van der Waals surface area contributed by atoms with E-state index in [4.69, 9.17) is 31.9 Å². The molecule has 1 atom stereocenters. The molecular weight excluding hydrogens is 552 g/mol. The lowest BCUT2D eigenvalue weighted by Gasteiger charge is -2.21. The average molecular weight is 591 g/mol. The Balaban J connectivity index is 1.43. The zero-order valence-corrected chi connectivity index (χ0v) is 24.8. The third kappa shape index (κ3) is 9.17. The lowest BCUT2D eigenvalue weighted by molar-refractivity contribution is 0.230.